The number of tetrazole rings is 2. The first kappa shape index (κ1) is 147. The fourth-order valence-electron chi connectivity index (χ4n) is 6.35. The van der Waals surface area contributed by atoms with Crippen LogP contribution in [0.2, 0.25) is 0 Å². The van der Waals surface area contributed by atoms with Gasteiger partial charge in [-0.15, -0.1) is 20.4 Å². The molecular formula is C74H160N14O29P2S8. The first-order chi connectivity index (χ1) is 56.3. The zero-order valence-corrected chi connectivity index (χ0v) is 90.6. The lowest BCUT2D eigenvalue weighted by molar-refractivity contribution is -0.132. The second-order valence-corrected chi connectivity index (χ2v) is 53.5. The molecule has 2 aromatic heterocycles. The van der Waals surface area contributed by atoms with Gasteiger partial charge in [-0.1, -0.05) is 177 Å². The molecular weight excluding hydrogens is 1870 g/mol. The summed E-state index contributed by atoms with van der Waals surface area (Å²) in [4.78, 5) is 123. The third kappa shape index (κ3) is 141. The quantitative estimate of drug-likeness (QED) is 0.0291. The van der Waals surface area contributed by atoms with Gasteiger partial charge in [-0.2, -0.15) is 18.8 Å². The molecule has 0 aliphatic heterocycles. The molecule has 2 rings (SSSR count). The number of aromatic nitrogens is 8. The first-order valence-corrected chi connectivity index (χ1v) is 58.2. The van der Waals surface area contributed by atoms with Gasteiger partial charge in [-0.05, 0) is 83.0 Å². The summed E-state index contributed by atoms with van der Waals surface area (Å²) in [5, 5.41) is 30.0. The van der Waals surface area contributed by atoms with Crippen LogP contribution in [-0.2, 0) is 145 Å². The minimum Gasteiger partial charge on any atom is -0.344 e. The van der Waals surface area contributed by atoms with E-state index in [9.17, 15) is 116 Å². The van der Waals surface area contributed by atoms with Crippen molar-refractivity contribution < 1.29 is 130 Å². The third-order valence-electron chi connectivity index (χ3n) is 11.9. The van der Waals surface area contributed by atoms with Gasteiger partial charge in [-0.3, -0.25) is 91.2 Å². The monoisotopic (exact) mass is 2030 g/mol. The highest BCUT2D eigenvalue weighted by atomic mass is 32.2. The van der Waals surface area contributed by atoms with Gasteiger partial charge in [0.1, 0.15) is 54.9 Å². The minimum atomic E-state index is -3.74. The molecule has 0 fully saturated rings. The number of aromatic amines is 2. The number of imide groups is 2. The maximum absolute atomic E-state index is 11.0. The molecule has 2 heterocycles. The number of ketones is 2. The predicted molar refractivity (Wildman–Crippen MR) is 503 cm³/mol. The van der Waals surface area contributed by atoms with Gasteiger partial charge in [0.25, 0.3) is 10.1 Å². The van der Waals surface area contributed by atoms with Gasteiger partial charge in [-0.25, -0.2) is 50.5 Å². The molecule has 0 aliphatic rings. The summed E-state index contributed by atoms with van der Waals surface area (Å²) in [6, 6.07) is 0. The number of sulfone groups is 3. The average molecular weight is 2030 g/mol. The number of nitrogens with zero attached hydrogens (tertiary/aromatic N) is 6. The van der Waals surface area contributed by atoms with Crippen molar-refractivity contribution in [3.63, 3.8) is 0 Å². The van der Waals surface area contributed by atoms with Crippen molar-refractivity contribution >= 4 is 155 Å². The Hall–Kier alpha value is -6.02. The van der Waals surface area contributed by atoms with Crippen LogP contribution in [0, 0.1) is 59.2 Å². The SMILES string of the molecule is CC(=O)CS(=O)(=O)C(C)C.CC(=O)CS(=O)(=O)CC(C)C.CC(=O)NC(=O)C(C)C.CC(=O)NC(=O)CC(C)C.CC(C)C(=O)NS(C)(=O)=O.CC(C)C(=O)NS(C)=O.CC(C)CC(=O)NS(C)(=O)=O.CC(C)CC(=O)NS(C)=O.CC(C)CP(C)(=O)O.CC(C)CS(C)(=O)=O.CC(C)Cc1nn[nH]n1.CC(C)P(C)(=O)O.CC(C)S(=O)(=O)O.CC(C)c1nn[nH]n1. The molecule has 0 radical (unpaired) electrons. The lowest BCUT2D eigenvalue weighted by Crippen LogP contribution is -2.32. The number of carbonyl (C=O) groups excluding carboxylic acids is 10. The number of amides is 8. The van der Waals surface area contributed by atoms with Crippen molar-refractivity contribution in [1.29, 1.82) is 0 Å². The van der Waals surface area contributed by atoms with Crippen molar-refractivity contribution in [2.24, 2.45) is 59.2 Å². The number of H-pyrrole nitrogens is 2. The van der Waals surface area contributed by atoms with E-state index in [2.05, 4.69) is 75.2 Å². The topological polar surface area (TPSA) is 686 Å². The maximum atomic E-state index is 11.0. The summed E-state index contributed by atoms with van der Waals surface area (Å²) in [6.07, 6.45) is 8.49. The van der Waals surface area contributed by atoms with Crippen LogP contribution in [0.15, 0.2) is 0 Å². The van der Waals surface area contributed by atoms with Gasteiger partial charge in [0.15, 0.2) is 46.1 Å². The van der Waals surface area contributed by atoms with E-state index >= 15 is 0 Å². The van der Waals surface area contributed by atoms with Crippen LogP contribution >= 0.6 is 14.7 Å². The summed E-state index contributed by atoms with van der Waals surface area (Å²) in [5.41, 5.74) is -0.0903. The van der Waals surface area contributed by atoms with Crippen molar-refractivity contribution in [2.45, 2.75) is 269 Å². The molecule has 2 aromatic rings. The normalized spacial score (nSPS) is 12.4. The highest BCUT2D eigenvalue weighted by Gasteiger charge is 2.20. The molecule has 53 heteroatoms. The fourth-order valence-corrected chi connectivity index (χ4v) is 13.6. The highest BCUT2D eigenvalue weighted by Crippen LogP contribution is 2.40. The molecule has 127 heavy (non-hydrogen) atoms. The first-order valence-electron chi connectivity index (χ1n) is 39.8. The lowest BCUT2D eigenvalue weighted by atomic mass is 10.1. The number of sulfonamides is 2. The largest absolute Gasteiger partial charge is 0.344 e. The molecule has 0 aliphatic carbocycles. The number of rotatable bonds is 29. The number of Topliss-reactive ketones (excluding diaryl/α,β-unsaturated/α-hetero) is 2. The van der Waals surface area contributed by atoms with Crippen molar-refractivity contribution in [3.05, 3.63) is 11.6 Å². The van der Waals surface area contributed by atoms with Gasteiger partial charge in [0, 0.05) is 107 Å². The second kappa shape index (κ2) is 76.5. The molecule has 0 aromatic carbocycles. The van der Waals surface area contributed by atoms with Crippen LogP contribution in [0.4, 0.5) is 0 Å². The van der Waals surface area contributed by atoms with Gasteiger partial charge < -0.3 is 9.79 Å². The Morgan fingerprint density at radius 3 is 0.953 bits per heavy atom. The Bertz CT molecular complexity index is 4220. The fraction of sp³-hybridized carbons (Fsp3) is 0.838. The molecule has 0 saturated heterocycles. The number of nitrogens with one attached hydrogen (secondary N) is 8. The molecule has 0 bridgehead atoms. The molecule has 43 nitrogen and oxygen atoms in total. The molecule has 758 valence electrons. The average Bonchev–Trinajstić information content (AvgIpc) is 1.59. The van der Waals surface area contributed by atoms with Crippen LogP contribution in [0.3, 0.4) is 0 Å². The van der Waals surface area contributed by atoms with E-state index in [0.29, 0.717) is 54.3 Å². The van der Waals surface area contributed by atoms with Crippen LogP contribution in [0.1, 0.15) is 258 Å². The third-order valence-corrected chi connectivity index (χ3v) is 24.2. The summed E-state index contributed by atoms with van der Waals surface area (Å²) in [5.74, 6) is 0.471. The summed E-state index contributed by atoms with van der Waals surface area (Å²) < 4.78 is 185. The van der Waals surface area contributed by atoms with E-state index in [-0.39, 0.29) is 112 Å². The lowest BCUT2D eigenvalue weighted by Gasteiger charge is -2.06. The van der Waals surface area contributed by atoms with Crippen molar-refractivity contribution in [2.75, 3.05) is 73.8 Å². The van der Waals surface area contributed by atoms with E-state index in [0.717, 1.165) is 30.6 Å². The van der Waals surface area contributed by atoms with E-state index in [1.165, 1.54) is 73.6 Å². The Balaban J connectivity index is -0.000000112. The van der Waals surface area contributed by atoms with Crippen LogP contribution < -0.4 is 29.5 Å². The molecule has 0 spiro atoms. The standard InChI is InChI=1S/C7H13NO2.C7H14O3S.C6H13NO3S.C6H13NO2S.C6H11NO2.C6H12O3S.C5H10N4.C5H11NO3S.C5H11NO2S.C5H13O2P.C5H12O2S.C4H8N4.C4H11O2P.C3H8O3S/c1-5(2)4-7(10)8-6(3)9;1-6(2)4-11(9,10)5-7(3)8;1-5(2)4-6(8)7-11(3,9)10;1-5(2)4-6(8)7-10(3)9;1-4(2)6(9)7-5(3)8;1-5(2)10(8,9)4-6(3)7;1-4(2)3-5-6-8-9-7-5;1-4(2)5(7)6-10(3,8)9;1-4(2)5(7)6-9(3)8;2*1-5(2)4-8(3,6)7;1-3(2)4-5-7-8-6-4;1-4(2)7(3,5)6;1-3(2)7(4,5)6/h5H,4H2,1-3H3,(H,8,9,10);6H,4-5H2,1-3H3;5H,4H2,1-3H3,(H,7,8);5H,4H2,1-3H3,(H,7,8);4H,1-3H3,(H,7,8,9);5H,4H2,1-3H3;4H,3H2,1-2H3,(H,6,7,8,9);4H,1-3H3,(H,6,7);4H,1-3H3,(H,6,7);5H,4H2,1-3H3,(H,6,7);5H,4H2,1-3H3;3H,1-2H3,(H,5,6,7,8);4H,1-3H3,(H,5,6);3H,1-2H3,(H,4,5,6). The van der Waals surface area contributed by atoms with E-state index in [1.54, 1.807) is 69.2 Å². The Morgan fingerprint density at radius 2 is 0.780 bits per heavy atom. The van der Waals surface area contributed by atoms with Crippen LogP contribution in [-0.4, -0.2) is 263 Å². The van der Waals surface area contributed by atoms with Crippen molar-refractivity contribution in [1.82, 2.24) is 70.8 Å². The molecule has 0 saturated carbocycles. The Labute approximate surface area is 765 Å². The highest BCUT2D eigenvalue weighted by molar-refractivity contribution is 7.93. The molecule has 4 atom stereocenters. The number of hydrogen-bond acceptors (Lipinski definition) is 32. The molecule has 11 N–H and O–H groups in total. The second-order valence-electron chi connectivity index (χ2n) is 33.6. The zero-order chi connectivity index (χ0) is 104. The summed E-state index contributed by atoms with van der Waals surface area (Å²) in [6.45, 7) is 58.7. The minimum absolute atomic E-state index is 0.0890. The van der Waals surface area contributed by atoms with Crippen LogP contribution in [0.25, 0.3) is 0 Å². The van der Waals surface area contributed by atoms with Crippen molar-refractivity contribution in [3.8, 4) is 0 Å². The molecule has 8 amide bonds. The van der Waals surface area contributed by atoms with E-state index in [4.69, 9.17) is 14.3 Å². The summed E-state index contributed by atoms with van der Waals surface area (Å²) in [7, 11) is -27.4. The Morgan fingerprint density at radius 1 is 0.433 bits per heavy atom. The van der Waals surface area contributed by atoms with Gasteiger partial charge in [0.2, 0.25) is 67.3 Å². The Kier molecular flexibility index (Phi) is 88.4. The maximum Gasteiger partial charge on any atom is 0.267 e. The smallest absolute Gasteiger partial charge is 0.267 e. The van der Waals surface area contributed by atoms with Gasteiger partial charge >= 0.3 is 0 Å². The van der Waals surface area contributed by atoms with Crippen LogP contribution in [0.5, 0.6) is 0 Å². The molecule has 4 unspecified atom stereocenters. The number of hydrogen-bond donors (Lipinski definition) is 11. The van der Waals surface area contributed by atoms with E-state index < -0.39 is 119 Å². The zero-order valence-electron chi connectivity index (χ0n) is 82.2. The van der Waals surface area contributed by atoms with Gasteiger partial charge in [0.05, 0.1) is 34.5 Å². The summed E-state index contributed by atoms with van der Waals surface area (Å²) >= 11 is 0. The number of carbonyl (C=O) groups is 10. The predicted octanol–water partition coefficient (Wildman–Crippen LogP) is 6.89. The van der Waals surface area contributed by atoms with E-state index in [1.807, 2.05) is 106 Å².